The lowest BCUT2D eigenvalue weighted by atomic mass is 10.2. The Labute approximate surface area is 132 Å². The van der Waals surface area contributed by atoms with Crippen molar-refractivity contribution in [2.75, 3.05) is 10.6 Å². The molecule has 116 valence electrons. The molecule has 0 aliphatic heterocycles. The molecule has 0 unspecified atom stereocenters. The van der Waals surface area contributed by atoms with Gasteiger partial charge in [-0.1, -0.05) is 17.7 Å². The van der Waals surface area contributed by atoms with Crippen LogP contribution in [0.3, 0.4) is 0 Å². The summed E-state index contributed by atoms with van der Waals surface area (Å²) in [5, 5.41) is 17.8. The molecule has 0 saturated carbocycles. The van der Waals surface area contributed by atoms with E-state index in [1.165, 1.54) is 6.33 Å². The fourth-order valence-corrected chi connectivity index (χ4v) is 2.05. The van der Waals surface area contributed by atoms with E-state index >= 15 is 0 Å². The maximum absolute atomic E-state index is 11.4. The number of hydrogen-bond donors (Lipinski definition) is 2. The van der Waals surface area contributed by atoms with Gasteiger partial charge >= 0.3 is 5.69 Å². The number of nitrogens with one attached hydrogen (secondary N) is 2. The Balaban J connectivity index is 2.46. The predicted molar refractivity (Wildman–Crippen MR) is 86.9 cm³/mol. The van der Waals surface area contributed by atoms with Gasteiger partial charge in [0.25, 0.3) is 0 Å². The lowest BCUT2D eigenvalue weighted by molar-refractivity contribution is -0.383. The number of benzene rings is 1. The van der Waals surface area contributed by atoms with Crippen LogP contribution in [-0.4, -0.2) is 20.9 Å². The van der Waals surface area contributed by atoms with E-state index < -0.39 is 4.92 Å². The summed E-state index contributed by atoms with van der Waals surface area (Å²) in [6.45, 7) is 5.62. The van der Waals surface area contributed by atoms with Crippen molar-refractivity contribution in [3.8, 4) is 0 Å². The first-order chi connectivity index (χ1) is 10.4. The molecule has 0 aliphatic rings. The second-order valence-electron chi connectivity index (χ2n) is 5.06. The molecule has 0 amide bonds. The van der Waals surface area contributed by atoms with Crippen LogP contribution in [0.4, 0.5) is 23.0 Å². The third kappa shape index (κ3) is 3.62. The molecule has 0 bridgehead atoms. The van der Waals surface area contributed by atoms with Crippen molar-refractivity contribution in [2.45, 2.75) is 26.8 Å². The van der Waals surface area contributed by atoms with E-state index in [1.54, 1.807) is 12.1 Å². The molecule has 0 saturated heterocycles. The Morgan fingerprint density at radius 3 is 2.59 bits per heavy atom. The minimum atomic E-state index is -0.507. The van der Waals surface area contributed by atoms with Crippen LogP contribution in [0.2, 0.25) is 5.02 Å². The van der Waals surface area contributed by atoms with Crippen molar-refractivity contribution in [2.24, 2.45) is 0 Å². The molecule has 0 spiro atoms. The van der Waals surface area contributed by atoms with Gasteiger partial charge < -0.3 is 10.6 Å². The van der Waals surface area contributed by atoms with Gasteiger partial charge in [-0.15, -0.1) is 0 Å². The van der Waals surface area contributed by atoms with Crippen LogP contribution in [0, 0.1) is 17.0 Å². The molecule has 1 aromatic heterocycles. The van der Waals surface area contributed by atoms with Gasteiger partial charge in [-0.2, -0.15) is 0 Å². The highest BCUT2D eigenvalue weighted by atomic mass is 35.5. The van der Waals surface area contributed by atoms with Gasteiger partial charge in [-0.05, 0) is 38.5 Å². The Morgan fingerprint density at radius 2 is 1.95 bits per heavy atom. The van der Waals surface area contributed by atoms with Gasteiger partial charge in [0, 0.05) is 16.8 Å². The number of anilines is 3. The van der Waals surface area contributed by atoms with Crippen LogP contribution >= 0.6 is 11.6 Å². The lowest BCUT2D eigenvalue weighted by Gasteiger charge is -2.13. The van der Waals surface area contributed by atoms with Crippen LogP contribution in [0.5, 0.6) is 0 Å². The molecule has 1 heterocycles. The molecule has 0 atom stereocenters. The highest BCUT2D eigenvalue weighted by Gasteiger charge is 2.23. The minimum Gasteiger partial charge on any atom is -0.362 e. The van der Waals surface area contributed by atoms with Crippen molar-refractivity contribution < 1.29 is 4.92 Å². The predicted octanol–water partition coefficient (Wildman–Crippen LogP) is 3.91. The van der Waals surface area contributed by atoms with Gasteiger partial charge in [0.05, 0.1) is 4.92 Å². The molecule has 8 heteroatoms. The SMILES string of the molecule is Cc1ccc(Cl)cc1Nc1ncnc(NC(C)C)c1[N+](=O)[O-]. The Bertz CT molecular complexity index is 706. The Kier molecular flexibility index (Phi) is 4.77. The number of aromatic nitrogens is 2. The Morgan fingerprint density at radius 1 is 1.27 bits per heavy atom. The van der Waals surface area contributed by atoms with Crippen molar-refractivity contribution in [3.63, 3.8) is 0 Å². The molecule has 2 rings (SSSR count). The van der Waals surface area contributed by atoms with Crippen LogP contribution in [0.15, 0.2) is 24.5 Å². The minimum absolute atomic E-state index is 0.00866. The third-order valence-corrected chi connectivity index (χ3v) is 3.12. The first kappa shape index (κ1) is 16.0. The monoisotopic (exact) mass is 321 g/mol. The van der Waals surface area contributed by atoms with Crippen LogP contribution in [0.25, 0.3) is 0 Å². The molecule has 1 aromatic carbocycles. The standard InChI is InChI=1S/C14H16ClN5O2/c1-8(2)18-13-12(20(21)22)14(17-7-16-13)19-11-6-10(15)5-4-9(11)3/h4-8H,1-3H3,(H2,16,17,18,19). The van der Waals surface area contributed by atoms with E-state index in [0.717, 1.165) is 5.56 Å². The van der Waals surface area contributed by atoms with Gasteiger partial charge in [-0.3, -0.25) is 10.1 Å². The molecular formula is C14H16ClN5O2. The van der Waals surface area contributed by atoms with Crippen LogP contribution in [0.1, 0.15) is 19.4 Å². The number of halogens is 1. The third-order valence-electron chi connectivity index (χ3n) is 2.88. The number of hydrogen-bond acceptors (Lipinski definition) is 6. The fourth-order valence-electron chi connectivity index (χ4n) is 1.88. The zero-order valence-corrected chi connectivity index (χ0v) is 13.2. The van der Waals surface area contributed by atoms with Crippen molar-refractivity contribution in [1.29, 1.82) is 0 Å². The maximum Gasteiger partial charge on any atom is 0.353 e. The summed E-state index contributed by atoms with van der Waals surface area (Å²) < 4.78 is 0. The fraction of sp³-hybridized carbons (Fsp3) is 0.286. The van der Waals surface area contributed by atoms with Gasteiger partial charge in [0.2, 0.25) is 11.6 Å². The number of rotatable bonds is 5. The largest absolute Gasteiger partial charge is 0.362 e. The molecule has 2 aromatic rings. The zero-order valence-electron chi connectivity index (χ0n) is 12.4. The topological polar surface area (TPSA) is 93.0 Å². The van der Waals surface area contributed by atoms with Crippen molar-refractivity contribution in [1.82, 2.24) is 9.97 Å². The second kappa shape index (κ2) is 6.57. The summed E-state index contributed by atoms with van der Waals surface area (Å²) in [6.07, 6.45) is 1.28. The van der Waals surface area contributed by atoms with Crippen molar-refractivity contribution >= 4 is 34.6 Å². The first-order valence-electron chi connectivity index (χ1n) is 6.67. The first-order valence-corrected chi connectivity index (χ1v) is 7.05. The molecular weight excluding hydrogens is 306 g/mol. The summed E-state index contributed by atoms with van der Waals surface area (Å²) in [5.74, 6) is 0.297. The van der Waals surface area contributed by atoms with E-state index in [-0.39, 0.29) is 23.4 Å². The quantitative estimate of drug-likeness (QED) is 0.640. The van der Waals surface area contributed by atoms with Crippen LogP contribution < -0.4 is 10.6 Å². The molecule has 0 radical (unpaired) electrons. The number of nitrogens with zero attached hydrogens (tertiary/aromatic N) is 3. The summed E-state index contributed by atoms with van der Waals surface area (Å²) in [6, 6.07) is 5.28. The average molecular weight is 322 g/mol. The molecule has 22 heavy (non-hydrogen) atoms. The zero-order chi connectivity index (χ0) is 16.3. The van der Waals surface area contributed by atoms with Crippen LogP contribution in [-0.2, 0) is 0 Å². The molecule has 7 nitrogen and oxygen atoms in total. The van der Waals surface area contributed by atoms with Crippen molar-refractivity contribution in [3.05, 3.63) is 45.2 Å². The number of aryl methyl sites for hydroxylation is 1. The van der Waals surface area contributed by atoms with E-state index in [2.05, 4.69) is 20.6 Å². The summed E-state index contributed by atoms with van der Waals surface area (Å²) in [4.78, 5) is 18.8. The lowest BCUT2D eigenvalue weighted by Crippen LogP contribution is -2.14. The summed E-state index contributed by atoms with van der Waals surface area (Å²) >= 11 is 5.97. The molecule has 2 N–H and O–H groups in total. The van der Waals surface area contributed by atoms with E-state index in [9.17, 15) is 10.1 Å². The Hall–Kier alpha value is -2.41. The summed E-state index contributed by atoms with van der Waals surface area (Å²) in [5.41, 5.74) is 1.36. The smallest absolute Gasteiger partial charge is 0.353 e. The maximum atomic E-state index is 11.4. The highest BCUT2D eigenvalue weighted by molar-refractivity contribution is 6.30. The van der Waals surface area contributed by atoms with E-state index in [0.29, 0.717) is 10.7 Å². The highest BCUT2D eigenvalue weighted by Crippen LogP contribution is 2.33. The number of nitro groups is 1. The van der Waals surface area contributed by atoms with Gasteiger partial charge in [0.15, 0.2) is 0 Å². The summed E-state index contributed by atoms with van der Waals surface area (Å²) in [7, 11) is 0. The van der Waals surface area contributed by atoms with Gasteiger partial charge in [0.1, 0.15) is 6.33 Å². The molecule has 0 aliphatic carbocycles. The second-order valence-corrected chi connectivity index (χ2v) is 5.50. The average Bonchev–Trinajstić information content (AvgIpc) is 2.42. The normalized spacial score (nSPS) is 10.6. The molecule has 0 fully saturated rings. The van der Waals surface area contributed by atoms with Gasteiger partial charge in [-0.25, -0.2) is 9.97 Å². The van der Waals surface area contributed by atoms with E-state index in [1.807, 2.05) is 26.8 Å². The van der Waals surface area contributed by atoms with E-state index in [4.69, 9.17) is 11.6 Å².